The lowest BCUT2D eigenvalue weighted by atomic mass is 10.0. The van der Waals surface area contributed by atoms with Crippen molar-refractivity contribution in [2.75, 3.05) is 6.61 Å². The molecule has 0 aromatic heterocycles. The zero-order valence-corrected chi connectivity index (χ0v) is 11.8. The third-order valence-corrected chi connectivity index (χ3v) is 3.20. The third kappa shape index (κ3) is 4.66. The number of benzene rings is 1. The Kier molecular flexibility index (Phi) is 6.15. The van der Waals surface area contributed by atoms with Crippen LogP contribution in [-0.2, 0) is 4.79 Å². The van der Waals surface area contributed by atoms with Gasteiger partial charge < -0.3 is 14.9 Å². The van der Waals surface area contributed by atoms with Gasteiger partial charge in [-0.15, -0.1) is 0 Å². The fourth-order valence-electron chi connectivity index (χ4n) is 1.64. The third-order valence-electron chi connectivity index (χ3n) is 2.51. The van der Waals surface area contributed by atoms with Gasteiger partial charge in [-0.2, -0.15) is 0 Å². The number of rotatable bonds is 7. The number of carboxylic acid groups (broad SMARTS) is 1. The molecule has 1 unspecified atom stereocenters. The second kappa shape index (κ2) is 7.38. The largest absolute Gasteiger partial charge is 0.494 e. The molecule has 1 rings (SSSR count). The summed E-state index contributed by atoms with van der Waals surface area (Å²) >= 11 is 3.38. The standard InChI is InChI=1S/C13H17BrO4/c1-2-18-9-6-7-10(11(14)8-9)12(15)4-3-5-13(16)17/h6-8,12,15H,2-5H2,1H3,(H,16,17). The summed E-state index contributed by atoms with van der Waals surface area (Å²) in [5, 5.41) is 18.5. The molecule has 0 fully saturated rings. The number of ether oxygens (including phenoxy) is 1. The van der Waals surface area contributed by atoms with Gasteiger partial charge in [0.1, 0.15) is 5.75 Å². The second-order valence-corrected chi connectivity index (χ2v) is 4.77. The predicted molar refractivity (Wildman–Crippen MR) is 71.8 cm³/mol. The van der Waals surface area contributed by atoms with Crippen molar-refractivity contribution in [1.29, 1.82) is 0 Å². The lowest BCUT2D eigenvalue weighted by Crippen LogP contribution is -2.02. The first-order valence-electron chi connectivity index (χ1n) is 5.86. The SMILES string of the molecule is CCOc1ccc(C(O)CCCC(=O)O)c(Br)c1. The minimum absolute atomic E-state index is 0.0751. The van der Waals surface area contributed by atoms with Crippen molar-refractivity contribution >= 4 is 21.9 Å². The summed E-state index contributed by atoms with van der Waals surface area (Å²) in [6.45, 7) is 2.50. The minimum Gasteiger partial charge on any atom is -0.494 e. The molecule has 0 radical (unpaired) electrons. The second-order valence-electron chi connectivity index (χ2n) is 3.92. The Morgan fingerprint density at radius 1 is 1.50 bits per heavy atom. The molecule has 0 saturated heterocycles. The van der Waals surface area contributed by atoms with E-state index in [1.807, 2.05) is 6.92 Å². The van der Waals surface area contributed by atoms with Crippen molar-refractivity contribution < 1.29 is 19.7 Å². The van der Waals surface area contributed by atoms with Crippen LogP contribution in [0.3, 0.4) is 0 Å². The molecule has 0 aliphatic rings. The molecule has 0 saturated carbocycles. The van der Waals surface area contributed by atoms with Crippen LogP contribution in [0, 0.1) is 0 Å². The highest BCUT2D eigenvalue weighted by molar-refractivity contribution is 9.10. The Labute approximate surface area is 115 Å². The van der Waals surface area contributed by atoms with Crippen LogP contribution in [0.25, 0.3) is 0 Å². The van der Waals surface area contributed by atoms with Crippen LogP contribution in [0.5, 0.6) is 5.75 Å². The monoisotopic (exact) mass is 316 g/mol. The maximum absolute atomic E-state index is 10.4. The fraction of sp³-hybridized carbons (Fsp3) is 0.462. The van der Waals surface area contributed by atoms with Gasteiger partial charge in [0.2, 0.25) is 0 Å². The van der Waals surface area contributed by atoms with Gasteiger partial charge in [-0.1, -0.05) is 22.0 Å². The summed E-state index contributed by atoms with van der Waals surface area (Å²) in [5.41, 5.74) is 0.754. The molecule has 0 aliphatic carbocycles. The van der Waals surface area contributed by atoms with E-state index in [1.165, 1.54) is 0 Å². The van der Waals surface area contributed by atoms with E-state index >= 15 is 0 Å². The highest BCUT2D eigenvalue weighted by Crippen LogP contribution is 2.30. The van der Waals surface area contributed by atoms with Gasteiger partial charge >= 0.3 is 5.97 Å². The number of carboxylic acids is 1. The zero-order chi connectivity index (χ0) is 13.5. The minimum atomic E-state index is -0.840. The normalized spacial score (nSPS) is 12.2. The van der Waals surface area contributed by atoms with E-state index in [4.69, 9.17) is 9.84 Å². The maximum Gasteiger partial charge on any atom is 0.303 e. The number of aliphatic hydroxyl groups is 1. The van der Waals surface area contributed by atoms with Crippen LogP contribution >= 0.6 is 15.9 Å². The number of aliphatic hydroxyl groups excluding tert-OH is 1. The molecule has 2 N–H and O–H groups in total. The van der Waals surface area contributed by atoms with Gasteiger partial charge in [0.05, 0.1) is 12.7 Å². The van der Waals surface area contributed by atoms with E-state index in [0.29, 0.717) is 19.4 Å². The average molecular weight is 317 g/mol. The average Bonchev–Trinajstić information content (AvgIpc) is 2.28. The molecule has 0 aliphatic heterocycles. The summed E-state index contributed by atoms with van der Waals surface area (Å²) < 4.78 is 6.12. The molecule has 1 aromatic rings. The van der Waals surface area contributed by atoms with Crippen LogP contribution in [0.15, 0.2) is 22.7 Å². The Morgan fingerprint density at radius 2 is 2.22 bits per heavy atom. The first-order valence-corrected chi connectivity index (χ1v) is 6.66. The summed E-state index contributed by atoms with van der Waals surface area (Å²) in [4.78, 5) is 10.4. The van der Waals surface area contributed by atoms with Gasteiger partial charge in [-0.25, -0.2) is 0 Å². The van der Waals surface area contributed by atoms with Crippen LogP contribution < -0.4 is 4.74 Å². The van der Waals surface area contributed by atoms with Gasteiger partial charge in [-0.05, 0) is 37.5 Å². The Balaban J connectivity index is 2.62. The molecule has 0 heterocycles. The molecule has 1 aromatic carbocycles. The van der Waals surface area contributed by atoms with Crippen molar-refractivity contribution in [1.82, 2.24) is 0 Å². The van der Waals surface area contributed by atoms with E-state index in [-0.39, 0.29) is 6.42 Å². The first kappa shape index (κ1) is 15.0. The molecule has 0 bridgehead atoms. The molecule has 0 spiro atoms. The van der Waals surface area contributed by atoms with Crippen molar-refractivity contribution in [2.24, 2.45) is 0 Å². The number of carbonyl (C=O) groups is 1. The van der Waals surface area contributed by atoms with Crippen LogP contribution in [0.4, 0.5) is 0 Å². The van der Waals surface area contributed by atoms with Crippen molar-refractivity contribution in [2.45, 2.75) is 32.3 Å². The van der Waals surface area contributed by atoms with E-state index in [1.54, 1.807) is 18.2 Å². The Bertz CT molecular complexity index is 406. The predicted octanol–water partition coefficient (Wildman–Crippen LogP) is 3.14. The Hall–Kier alpha value is -1.07. The van der Waals surface area contributed by atoms with E-state index < -0.39 is 12.1 Å². The van der Waals surface area contributed by atoms with Crippen LogP contribution in [-0.4, -0.2) is 22.8 Å². The van der Waals surface area contributed by atoms with E-state index in [0.717, 1.165) is 15.8 Å². The summed E-state index contributed by atoms with van der Waals surface area (Å²) in [6.07, 6.45) is 0.301. The topological polar surface area (TPSA) is 66.8 Å². The Morgan fingerprint density at radius 3 is 2.78 bits per heavy atom. The summed E-state index contributed by atoms with van der Waals surface area (Å²) in [5.74, 6) is -0.0983. The number of aliphatic carboxylic acids is 1. The molecule has 0 amide bonds. The highest BCUT2D eigenvalue weighted by atomic mass is 79.9. The van der Waals surface area contributed by atoms with Crippen molar-refractivity contribution in [3.63, 3.8) is 0 Å². The fourth-order valence-corrected chi connectivity index (χ4v) is 2.26. The number of hydrogen-bond acceptors (Lipinski definition) is 3. The quantitative estimate of drug-likeness (QED) is 0.811. The molecule has 5 heteroatoms. The smallest absolute Gasteiger partial charge is 0.303 e. The maximum atomic E-state index is 10.4. The van der Waals surface area contributed by atoms with Crippen molar-refractivity contribution in [3.05, 3.63) is 28.2 Å². The van der Waals surface area contributed by atoms with E-state index in [9.17, 15) is 9.90 Å². The number of hydrogen-bond donors (Lipinski definition) is 2. The lowest BCUT2D eigenvalue weighted by Gasteiger charge is -2.13. The van der Waals surface area contributed by atoms with Gasteiger partial charge in [0.25, 0.3) is 0 Å². The molecule has 18 heavy (non-hydrogen) atoms. The zero-order valence-electron chi connectivity index (χ0n) is 10.2. The molecule has 4 nitrogen and oxygen atoms in total. The summed E-state index contributed by atoms with van der Waals surface area (Å²) in [7, 11) is 0. The molecule has 100 valence electrons. The highest BCUT2D eigenvalue weighted by Gasteiger charge is 2.12. The lowest BCUT2D eigenvalue weighted by molar-refractivity contribution is -0.137. The molecular formula is C13H17BrO4. The van der Waals surface area contributed by atoms with Crippen LogP contribution in [0.1, 0.15) is 37.9 Å². The van der Waals surface area contributed by atoms with Gasteiger partial charge in [0.15, 0.2) is 0 Å². The molecule has 1 atom stereocenters. The van der Waals surface area contributed by atoms with E-state index in [2.05, 4.69) is 15.9 Å². The van der Waals surface area contributed by atoms with Crippen LogP contribution in [0.2, 0.25) is 0 Å². The number of halogens is 1. The molecular weight excluding hydrogens is 300 g/mol. The van der Waals surface area contributed by atoms with Crippen molar-refractivity contribution in [3.8, 4) is 5.75 Å². The van der Waals surface area contributed by atoms with Gasteiger partial charge in [0, 0.05) is 10.9 Å². The van der Waals surface area contributed by atoms with Gasteiger partial charge in [-0.3, -0.25) is 4.79 Å². The summed E-state index contributed by atoms with van der Waals surface area (Å²) in [6, 6.07) is 5.39. The first-order chi connectivity index (χ1) is 8.54.